The lowest BCUT2D eigenvalue weighted by Gasteiger charge is -2.35. The fourth-order valence-electron chi connectivity index (χ4n) is 3.89. The van der Waals surface area contributed by atoms with E-state index >= 15 is 0 Å². The highest BCUT2D eigenvalue weighted by molar-refractivity contribution is 5.86. The normalized spacial score (nSPS) is 21.9. The van der Waals surface area contributed by atoms with E-state index in [1.54, 1.807) is 0 Å². The van der Waals surface area contributed by atoms with E-state index in [2.05, 4.69) is 42.8 Å². The molecule has 0 amide bonds. The van der Waals surface area contributed by atoms with Gasteiger partial charge in [0.2, 0.25) is 0 Å². The van der Waals surface area contributed by atoms with Gasteiger partial charge in [0.1, 0.15) is 0 Å². The molecule has 0 spiro atoms. The minimum atomic E-state index is -0.697. The maximum Gasteiger partial charge on any atom is 0.303 e. The number of carbonyl (C=O) groups is 1. The van der Waals surface area contributed by atoms with E-state index in [-0.39, 0.29) is 11.8 Å². The van der Waals surface area contributed by atoms with Crippen LogP contribution in [0.1, 0.15) is 43.9 Å². The smallest absolute Gasteiger partial charge is 0.303 e. The Morgan fingerprint density at radius 2 is 2.15 bits per heavy atom. The molecule has 3 heteroatoms. The molecule has 0 fully saturated rings. The van der Waals surface area contributed by atoms with Gasteiger partial charge >= 0.3 is 5.97 Å². The molecule has 106 valence electrons. The van der Waals surface area contributed by atoms with Gasteiger partial charge in [-0.2, -0.15) is 0 Å². The number of fused-ring (bicyclic) bond motifs is 3. The van der Waals surface area contributed by atoms with Crippen molar-refractivity contribution in [2.75, 3.05) is 0 Å². The molecule has 0 saturated heterocycles. The Morgan fingerprint density at radius 3 is 2.90 bits per heavy atom. The van der Waals surface area contributed by atoms with Crippen LogP contribution in [0.3, 0.4) is 0 Å². The zero-order chi connectivity index (χ0) is 14.3. The summed E-state index contributed by atoms with van der Waals surface area (Å²) in [6, 6.07) is 8.51. The van der Waals surface area contributed by atoms with Gasteiger partial charge in [0, 0.05) is 35.5 Å². The average molecular weight is 271 g/mol. The zero-order valence-electron chi connectivity index (χ0n) is 12.1. The van der Waals surface area contributed by atoms with E-state index in [0.717, 1.165) is 25.7 Å². The Hall–Kier alpha value is -1.77. The molecule has 0 radical (unpaired) electrons. The summed E-state index contributed by atoms with van der Waals surface area (Å²) in [4.78, 5) is 10.9. The Labute approximate surface area is 119 Å². The first kappa shape index (κ1) is 13.2. The monoisotopic (exact) mass is 271 g/mol. The van der Waals surface area contributed by atoms with Crippen LogP contribution in [0.15, 0.2) is 24.3 Å². The third-order valence-corrected chi connectivity index (χ3v) is 4.83. The first-order valence-electron chi connectivity index (χ1n) is 7.31. The summed E-state index contributed by atoms with van der Waals surface area (Å²) in [5.41, 5.74) is 4.04. The second-order valence-electron chi connectivity index (χ2n) is 6.21. The molecule has 20 heavy (non-hydrogen) atoms. The first-order valence-corrected chi connectivity index (χ1v) is 7.31. The lowest BCUT2D eigenvalue weighted by Crippen LogP contribution is -2.30. The van der Waals surface area contributed by atoms with Crippen LogP contribution < -0.4 is 0 Å². The summed E-state index contributed by atoms with van der Waals surface area (Å²) in [5.74, 6) is -0.697. The molecule has 3 nitrogen and oxygen atoms in total. The maximum atomic E-state index is 10.9. The molecular formula is C17H21NO2. The summed E-state index contributed by atoms with van der Waals surface area (Å²) in [6.45, 7) is 2.23. The van der Waals surface area contributed by atoms with Crippen molar-refractivity contribution in [1.29, 1.82) is 0 Å². The lowest BCUT2D eigenvalue weighted by atomic mass is 9.71. The number of aromatic nitrogens is 1. The molecule has 1 aliphatic rings. The van der Waals surface area contributed by atoms with Gasteiger partial charge in [0.05, 0.1) is 0 Å². The highest BCUT2D eigenvalue weighted by atomic mass is 16.4. The van der Waals surface area contributed by atoms with Crippen LogP contribution in [0.25, 0.3) is 10.9 Å². The molecule has 1 aromatic carbocycles. The predicted octanol–water partition coefficient (Wildman–Crippen LogP) is 3.64. The number of para-hydroxylation sites is 1. The average Bonchev–Trinajstić information content (AvgIpc) is 2.73. The topological polar surface area (TPSA) is 42.2 Å². The summed E-state index contributed by atoms with van der Waals surface area (Å²) >= 11 is 0. The van der Waals surface area contributed by atoms with Crippen LogP contribution in [-0.4, -0.2) is 15.6 Å². The molecule has 1 N–H and O–H groups in total. The molecule has 0 saturated carbocycles. The van der Waals surface area contributed by atoms with E-state index in [1.165, 1.54) is 22.2 Å². The van der Waals surface area contributed by atoms with Crippen LogP contribution >= 0.6 is 0 Å². The van der Waals surface area contributed by atoms with Crippen molar-refractivity contribution in [3.05, 3.63) is 35.5 Å². The number of carboxylic acid groups (broad SMARTS) is 1. The number of aryl methyl sites for hydroxylation is 2. The van der Waals surface area contributed by atoms with E-state index in [9.17, 15) is 4.79 Å². The predicted molar refractivity (Wildman–Crippen MR) is 80.1 cm³/mol. The van der Waals surface area contributed by atoms with Crippen molar-refractivity contribution in [1.82, 2.24) is 4.57 Å². The molecule has 1 unspecified atom stereocenters. The summed E-state index contributed by atoms with van der Waals surface area (Å²) in [6.07, 6.45) is 4.31. The summed E-state index contributed by atoms with van der Waals surface area (Å²) < 4.78 is 2.28. The van der Waals surface area contributed by atoms with Gasteiger partial charge in [0.15, 0.2) is 0 Å². The minimum Gasteiger partial charge on any atom is -0.481 e. The number of benzene rings is 1. The Bertz CT molecular complexity index is 671. The lowest BCUT2D eigenvalue weighted by molar-refractivity contribution is -0.137. The van der Waals surface area contributed by atoms with Crippen molar-refractivity contribution < 1.29 is 9.90 Å². The highest BCUT2D eigenvalue weighted by Crippen LogP contribution is 2.44. The van der Waals surface area contributed by atoms with Crippen molar-refractivity contribution in [3.63, 3.8) is 0 Å². The van der Waals surface area contributed by atoms with Gasteiger partial charge in [-0.15, -0.1) is 0 Å². The Kier molecular flexibility index (Phi) is 3.08. The molecule has 2 aromatic rings. The molecule has 1 heterocycles. The third-order valence-electron chi connectivity index (χ3n) is 4.83. The SMILES string of the molecule is Cn1c2c(c3ccccc31)CCCC2(C)CCC(=O)O. The summed E-state index contributed by atoms with van der Waals surface area (Å²) in [7, 11) is 2.12. The maximum absolute atomic E-state index is 10.9. The molecule has 3 rings (SSSR count). The number of nitrogens with zero attached hydrogens (tertiary/aromatic N) is 1. The number of aliphatic carboxylic acids is 1. The molecule has 0 aliphatic heterocycles. The van der Waals surface area contributed by atoms with Gasteiger partial charge < -0.3 is 9.67 Å². The van der Waals surface area contributed by atoms with Gasteiger partial charge in [-0.3, -0.25) is 4.79 Å². The van der Waals surface area contributed by atoms with Crippen molar-refractivity contribution in [3.8, 4) is 0 Å². The second-order valence-corrected chi connectivity index (χ2v) is 6.21. The quantitative estimate of drug-likeness (QED) is 0.926. The standard InChI is InChI=1S/C17H21NO2/c1-17(11-9-15(19)20)10-5-7-13-12-6-3-4-8-14(12)18(2)16(13)17/h3-4,6,8H,5,7,9-11H2,1-2H3,(H,19,20). The fraction of sp³-hybridized carbons (Fsp3) is 0.471. The first-order chi connectivity index (χ1) is 9.53. The van der Waals surface area contributed by atoms with Crippen LogP contribution in [0.2, 0.25) is 0 Å². The van der Waals surface area contributed by atoms with Crippen LogP contribution in [-0.2, 0) is 23.7 Å². The number of rotatable bonds is 3. The third kappa shape index (κ3) is 1.92. The van der Waals surface area contributed by atoms with Gasteiger partial charge in [-0.25, -0.2) is 0 Å². The van der Waals surface area contributed by atoms with Crippen molar-refractivity contribution in [2.24, 2.45) is 7.05 Å². The molecule has 1 aromatic heterocycles. The van der Waals surface area contributed by atoms with Crippen LogP contribution in [0, 0.1) is 0 Å². The Balaban J connectivity index is 2.15. The molecule has 0 bridgehead atoms. The fourth-order valence-corrected chi connectivity index (χ4v) is 3.89. The van der Waals surface area contributed by atoms with E-state index < -0.39 is 5.97 Å². The number of hydrogen-bond donors (Lipinski definition) is 1. The van der Waals surface area contributed by atoms with Gasteiger partial charge in [-0.1, -0.05) is 25.1 Å². The zero-order valence-corrected chi connectivity index (χ0v) is 12.1. The van der Waals surface area contributed by atoms with Crippen LogP contribution in [0.5, 0.6) is 0 Å². The molecular weight excluding hydrogens is 250 g/mol. The molecule has 1 atom stereocenters. The van der Waals surface area contributed by atoms with E-state index in [0.29, 0.717) is 0 Å². The van der Waals surface area contributed by atoms with Crippen molar-refractivity contribution >= 4 is 16.9 Å². The highest BCUT2D eigenvalue weighted by Gasteiger charge is 2.36. The van der Waals surface area contributed by atoms with Crippen molar-refractivity contribution in [2.45, 2.75) is 44.4 Å². The van der Waals surface area contributed by atoms with E-state index in [4.69, 9.17) is 5.11 Å². The van der Waals surface area contributed by atoms with Gasteiger partial charge in [0.25, 0.3) is 0 Å². The minimum absolute atomic E-state index is 0.0141. The Morgan fingerprint density at radius 1 is 1.40 bits per heavy atom. The summed E-state index contributed by atoms with van der Waals surface area (Å²) in [5, 5.41) is 10.3. The van der Waals surface area contributed by atoms with Crippen LogP contribution in [0.4, 0.5) is 0 Å². The van der Waals surface area contributed by atoms with Gasteiger partial charge in [-0.05, 0) is 37.3 Å². The second kappa shape index (κ2) is 4.65. The molecule has 1 aliphatic carbocycles. The largest absolute Gasteiger partial charge is 0.481 e. The number of hydrogen-bond acceptors (Lipinski definition) is 1. The number of carboxylic acids is 1. The van der Waals surface area contributed by atoms with E-state index in [1.807, 2.05) is 0 Å².